The van der Waals surface area contributed by atoms with Gasteiger partial charge in [-0.1, -0.05) is 36.4 Å². The summed E-state index contributed by atoms with van der Waals surface area (Å²) in [7, 11) is 0. The largest absolute Gasteiger partial charge is 0.454 e. The summed E-state index contributed by atoms with van der Waals surface area (Å²) in [6, 6.07) is 16.0. The number of benzene rings is 2. The number of rotatable bonds is 6. The number of hydrogen-bond acceptors (Lipinski definition) is 3. The van der Waals surface area contributed by atoms with E-state index in [9.17, 15) is 4.79 Å². The van der Waals surface area contributed by atoms with Crippen LogP contribution < -0.4 is 14.8 Å². The van der Waals surface area contributed by atoms with Crippen LogP contribution in [0.15, 0.2) is 54.6 Å². The second-order valence-electron chi connectivity index (χ2n) is 5.88. The summed E-state index contributed by atoms with van der Waals surface area (Å²) in [5.74, 6) is 1.37. The molecule has 0 saturated heterocycles. The topological polar surface area (TPSA) is 47.6 Å². The van der Waals surface area contributed by atoms with Gasteiger partial charge in [-0.15, -0.1) is 0 Å². The summed E-state index contributed by atoms with van der Waals surface area (Å²) in [5.41, 5.74) is 2.20. The summed E-state index contributed by atoms with van der Waals surface area (Å²) < 4.78 is 10.6. The first-order valence-corrected chi connectivity index (χ1v) is 8.13. The van der Waals surface area contributed by atoms with Crippen molar-refractivity contribution >= 4 is 12.0 Å². The maximum Gasteiger partial charge on any atom is 0.244 e. The smallest absolute Gasteiger partial charge is 0.244 e. The lowest BCUT2D eigenvalue weighted by Crippen LogP contribution is -2.31. The van der Waals surface area contributed by atoms with Crippen molar-refractivity contribution in [3.8, 4) is 11.5 Å². The molecule has 4 heteroatoms. The molecule has 1 unspecified atom stereocenters. The molecule has 0 spiro atoms. The molecule has 0 radical (unpaired) electrons. The molecule has 1 aliphatic heterocycles. The Morgan fingerprint density at radius 2 is 1.96 bits per heavy atom. The standard InChI is InChI=1S/C20H21NO3/c1-15(7-8-16-5-3-2-4-6-16)21-20(22)12-10-17-9-11-18-19(13-17)24-14-23-18/h2-6,9-13,15H,7-8,14H2,1H3,(H,21,22)/b12-10-. The van der Waals surface area contributed by atoms with Gasteiger partial charge in [0.2, 0.25) is 12.7 Å². The average molecular weight is 323 g/mol. The van der Waals surface area contributed by atoms with Crippen molar-refractivity contribution in [3.63, 3.8) is 0 Å². The van der Waals surface area contributed by atoms with E-state index in [1.165, 1.54) is 5.56 Å². The van der Waals surface area contributed by atoms with E-state index in [1.807, 2.05) is 43.3 Å². The summed E-state index contributed by atoms with van der Waals surface area (Å²) in [5, 5.41) is 2.99. The molecule has 1 atom stereocenters. The second kappa shape index (κ2) is 7.68. The van der Waals surface area contributed by atoms with Crippen molar-refractivity contribution in [1.82, 2.24) is 5.32 Å². The lowest BCUT2D eigenvalue weighted by Gasteiger charge is -2.12. The minimum atomic E-state index is -0.0896. The molecule has 0 saturated carbocycles. The third-order valence-electron chi connectivity index (χ3n) is 3.92. The third kappa shape index (κ3) is 4.38. The van der Waals surface area contributed by atoms with E-state index in [-0.39, 0.29) is 18.7 Å². The van der Waals surface area contributed by atoms with Crippen LogP contribution in [0, 0.1) is 0 Å². The van der Waals surface area contributed by atoms with Gasteiger partial charge in [-0.2, -0.15) is 0 Å². The molecular weight excluding hydrogens is 302 g/mol. The van der Waals surface area contributed by atoms with Crippen LogP contribution in [0.4, 0.5) is 0 Å². The number of nitrogens with one attached hydrogen (secondary N) is 1. The Bertz CT molecular complexity index is 725. The lowest BCUT2D eigenvalue weighted by molar-refractivity contribution is -0.117. The van der Waals surface area contributed by atoms with Crippen molar-refractivity contribution in [2.75, 3.05) is 6.79 Å². The number of hydrogen-bond donors (Lipinski definition) is 1. The Balaban J connectivity index is 1.48. The Hall–Kier alpha value is -2.75. The van der Waals surface area contributed by atoms with Crippen molar-refractivity contribution < 1.29 is 14.3 Å². The van der Waals surface area contributed by atoms with E-state index in [0.717, 1.165) is 24.2 Å². The van der Waals surface area contributed by atoms with Crippen molar-refractivity contribution in [3.05, 3.63) is 65.7 Å². The summed E-state index contributed by atoms with van der Waals surface area (Å²) in [6.45, 7) is 2.27. The van der Waals surface area contributed by atoms with Gasteiger partial charge in [-0.25, -0.2) is 0 Å². The maximum atomic E-state index is 12.0. The van der Waals surface area contributed by atoms with Crippen LogP contribution in [-0.2, 0) is 11.2 Å². The minimum Gasteiger partial charge on any atom is -0.454 e. The Morgan fingerprint density at radius 3 is 2.79 bits per heavy atom. The van der Waals surface area contributed by atoms with Gasteiger partial charge in [0.1, 0.15) is 0 Å². The van der Waals surface area contributed by atoms with Gasteiger partial charge in [0.15, 0.2) is 11.5 Å². The normalized spacial score (nSPS) is 13.9. The molecule has 24 heavy (non-hydrogen) atoms. The predicted octanol–water partition coefficient (Wildman–Crippen LogP) is 3.57. The summed E-state index contributed by atoms with van der Waals surface area (Å²) >= 11 is 0. The molecule has 2 aromatic carbocycles. The maximum absolute atomic E-state index is 12.0. The summed E-state index contributed by atoms with van der Waals surface area (Å²) in [4.78, 5) is 12.0. The highest BCUT2D eigenvalue weighted by atomic mass is 16.7. The molecule has 2 aromatic rings. The number of carbonyl (C=O) groups is 1. The number of carbonyl (C=O) groups excluding carboxylic acids is 1. The molecule has 0 aliphatic carbocycles. The minimum absolute atomic E-state index is 0.0896. The van der Waals surface area contributed by atoms with Crippen LogP contribution >= 0.6 is 0 Å². The number of aryl methyl sites for hydroxylation is 1. The first-order valence-electron chi connectivity index (χ1n) is 8.13. The number of amides is 1. The first kappa shape index (κ1) is 16.1. The van der Waals surface area contributed by atoms with Crippen LogP contribution in [0.2, 0.25) is 0 Å². The lowest BCUT2D eigenvalue weighted by atomic mass is 10.1. The first-order chi connectivity index (χ1) is 11.7. The van der Waals surface area contributed by atoms with Gasteiger partial charge in [0.25, 0.3) is 0 Å². The van der Waals surface area contributed by atoms with Crippen LogP contribution in [-0.4, -0.2) is 18.7 Å². The van der Waals surface area contributed by atoms with Crippen LogP contribution in [0.3, 0.4) is 0 Å². The van der Waals surface area contributed by atoms with Crippen LogP contribution in [0.5, 0.6) is 11.5 Å². The SMILES string of the molecule is CC(CCc1ccccc1)NC(=O)/C=C\c1ccc2c(c1)OCO2. The van der Waals surface area contributed by atoms with Gasteiger partial charge in [-0.05, 0) is 49.1 Å². The molecule has 1 amide bonds. The zero-order valence-electron chi connectivity index (χ0n) is 13.7. The number of ether oxygens (including phenoxy) is 2. The highest BCUT2D eigenvalue weighted by Crippen LogP contribution is 2.32. The zero-order valence-corrected chi connectivity index (χ0v) is 13.7. The molecular formula is C20H21NO3. The van der Waals surface area contributed by atoms with E-state index in [4.69, 9.17) is 9.47 Å². The fraction of sp³-hybridized carbons (Fsp3) is 0.250. The zero-order chi connectivity index (χ0) is 16.8. The molecule has 124 valence electrons. The highest BCUT2D eigenvalue weighted by molar-refractivity contribution is 5.92. The van der Waals surface area contributed by atoms with Gasteiger partial charge in [0.05, 0.1) is 0 Å². The molecule has 0 aromatic heterocycles. The van der Waals surface area contributed by atoms with Crippen LogP contribution in [0.25, 0.3) is 6.08 Å². The predicted molar refractivity (Wildman–Crippen MR) is 94.0 cm³/mol. The monoisotopic (exact) mass is 323 g/mol. The molecule has 3 rings (SSSR count). The highest BCUT2D eigenvalue weighted by Gasteiger charge is 2.12. The Morgan fingerprint density at radius 1 is 1.17 bits per heavy atom. The van der Waals surface area contributed by atoms with E-state index in [0.29, 0.717) is 5.75 Å². The Labute approximate surface area is 142 Å². The molecule has 1 heterocycles. The third-order valence-corrected chi connectivity index (χ3v) is 3.92. The fourth-order valence-corrected chi connectivity index (χ4v) is 2.58. The van der Waals surface area contributed by atoms with Crippen molar-refractivity contribution in [2.24, 2.45) is 0 Å². The fourth-order valence-electron chi connectivity index (χ4n) is 2.58. The summed E-state index contributed by atoms with van der Waals surface area (Å²) in [6.07, 6.45) is 5.19. The van der Waals surface area contributed by atoms with E-state index in [1.54, 1.807) is 12.2 Å². The molecule has 4 nitrogen and oxygen atoms in total. The van der Waals surface area contributed by atoms with Gasteiger partial charge in [-0.3, -0.25) is 4.79 Å². The quantitative estimate of drug-likeness (QED) is 0.827. The van der Waals surface area contributed by atoms with Gasteiger partial charge < -0.3 is 14.8 Å². The molecule has 1 N–H and O–H groups in total. The number of fused-ring (bicyclic) bond motifs is 1. The van der Waals surface area contributed by atoms with Gasteiger partial charge in [0, 0.05) is 12.1 Å². The van der Waals surface area contributed by atoms with Crippen molar-refractivity contribution in [2.45, 2.75) is 25.8 Å². The van der Waals surface area contributed by atoms with Gasteiger partial charge >= 0.3 is 0 Å². The van der Waals surface area contributed by atoms with E-state index < -0.39 is 0 Å². The van der Waals surface area contributed by atoms with E-state index in [2.05, 4.69) is 17.4 Å². The van der Waals surface area contributed by atoms with Crippen molar-refractivity contribution in [1.29, 1.82) is 0 Å². The van der Waals surface area contributed by atoms with Crippen LogP contribution in [0.1, 0.15) is 24.5 Å². The molecule has 0 fully saturated rings. The molecule has 0 bridgehead atoms. The van der Waals surface area contributed by atoms with E-state index >= 15 is 0 Å². The Kier molecular flexibility index (Phi) is 5.16. The second-order valence-corrected chi connectivity index (χ2v) is 5.88. The molecule has 1 aliphatic rings. The average Bonchev–Trinajstić information content (AvgIpc) is 3.07.